The van der Waals surface area contributed by atoms with E-state index in [-0.39, 0.29) is 5.91 Å². The highest BCUT2D eigenvalue weighted by Gasteiger charge is 2.32. The molecular formula is C14H12F3N3O. The van der Waals surface area contributed by atoms with Crippen LogP contribution >= 0.6 is 0 Å². The molecule has 2 heterocycles. The Hall–Kier alpha value is -2.44. The molecule has 21 heavy (non-hydrogen) atoms. The lowest BCUT2D eigenvalue weighted by molar-refractivity contribution is -0.141. The predicted octanol–water partition coefficient (Wildman–Crippen LogP) is 3.51. The van der Waals surface area contributed by atoms with E-state index in [1.54, 1.807) is 25.1 Å². The van der Waals surface area contributed by atoms with Crippen LogP contribution in [0.25, 0.3) is 11.3 Å². The first-order chi connectivity index (χ1) is 9.90. The number of rotatable bonds is 3. The van der Waals surface area contributed by atoms with Gasteiger partial charge in [0.1, 0.15) is 11.5 Å². The SMILES string of the molecule is CCC(=O)Nc1cccc(-c2ccc(C(F)(F)F)nc2)n1. The summed E-state index contributed by atoms with van der Waals surface area (Å²) in [7, 11) is 0. The van der Waals surface area contributed by atoms with Gasteiger partial charge in [-0.3, -0.25) is 9.78 Å². The van der Waals surface area contributed by atoms with E-state index in [1.165, 1.54) is 6.07 Å². The van der Waals surface area contributed by atoms with Crippen molar-refractivity contribution in [3.05, 3.63) is 42.2 Å². The van der Waals surface area contributed by atoms with Gasteiger partial charge in [-0.05, 0) is 24.3 Å². The van der Waals surface area contributed by atoms with Crippen LogP contribution in [-0.4, -0.2) is 15.9 Å². The zero-order valence-corrected chi connectivity index (χ0v) is 11.1. The fourth-order valence-electron chi connectivity index (χ4n) is 1.61. The molecule has 2 aromatic heterocycles. The van der Waals surface area contributed by atoms with E-state index in [9.17, 15) is 18.0 Å². The number of aromatic nitrogens is 2. The minimum atomic E-state index is -4.47. The van der Waals surface area contributed by atoms with Gasteiger partial charge in [-0.1, -0.05) is 13.0 Å². The number of pyridine rings is 2. The maximum Gasteiger partial charge on any atom is 0.433 e. The second-order valence-electron chi connectivity index (χ2n) is 4.24. The molecule has 2 aromatic rings. The Bertz CT molecular complexity index is 639. The number of carbonyl (C=O) groups is 1. The second kappa shape index (κ2) is 5.90. The summed E-state index contributed by atoms with van der Waals surface area (Å²) in [4.78, 5) is 18.8. The average molecular weight is 295 g/mol. The van der Waals surface area contributed by atoms with Crippen molar-refractivity contribution < 1.29 is 18.0 Å². The van der Waals surface area contributed by atoms with Crippen LogP contribution in [0.1, 0.15) is 19.0 Å². The van der Waals surface area contributed by atoms with Gasteiger partial charge < -0.3 is 5.32 Å². The number of nitrogens with one attached hydrogen (secondary N) is 1. The van der Waals surface area contributed by atoms with Crippen molar-refractivity contribution >= 4 is 11.7 Å². The quantitative estimate of drug-likeness (QED) is 0.942. The molecule has 0 atom stereocenters. The summed E-state index contributed by atoms with van der Waals surface area (Å²) in [5.74, 6) is 0.157. The average Bonchev–Trinajstić information content (AvgIpc) is 2.46. The first-order valence-electron chi connectivity index (χ1n) is 6.20. The maximum atomic E-state index is 12.4. The molecule has 0 aliphatic heterocycles. The zero-order chi connectivity index (χ0) is 15.5. The molecule has 0 bridgehead atoms. The van der Waals surface area contributed by atoms with Crippen LogP contribution in [0.4, 0.5) is 19.0 Å². The van der Waals surface area contributed by atoms with E-state index in [4.69, 9.17) is 0 Å². The van der Waals surface area contributed by atoms with Gasteiger partial charge in [0.05, 0.1) is 5.69 Å². The van der Waals surface area contributed by atoms with Crippen molar-refractivity contribution in [2.75, 3.05) is 5.32 Å². The molecule has 110 valence electrons. The van der Waals surface area contributed by atoms with Crippen LogP contribution in [0.15, 0.2) is 36.5 Å². The molecule has 0 fully saturated rings. The highest BCUT2D eigenvalue weighted by Crippen LogP contribution is 2.28. The number of nitrogens with zero attached hydrogens (tertiary/aromatic N) is 2. The standard InChI is InChI=1S/C14H12F3N3O/c1-2-13(21)20-12-5-3-4-10(19-12)9-6-7-11(18-8-9)14(15,16)17/h3-8H,2H2,1H3,(H,19,20,21). The summed E-state index contributed by atoms with van der Waals surface area (Å²) in [5.41, 5.74) is -0.0811. The molecule has 4 nitrogen and oxygen atoms in total. The van der Waals surface area contributed by atoms with Crippen LogP contribution in [0.5, 0.6) is 0 Å². The lowest BCUT2D eigenvalue weighted by atomic mass is 10.2. The molecule has 0 aliphatic rings. The number of hydrogen-bond donors (Lipinski definition) is 1. The molecule has 0 saturated carbocycles. The van der Waals surface area contributed by atoms with Crippen LogP contribution in [0.3, 0.4) is 0 Å². The largest absolute Gasteiger partial charge is 0.433 e. The van der Waals surface area contributed by atoms with Gasteiger partial charge in [0.15, 0.2) is 0 Å². The molecule has 7 heteroatoms. The minimum Gasteiger partial charge on any atom is -0.311 e. The smallest absolute Gasteiger partial charge is 0.311 e. The van der Waals surface area contributed by atoms with E-state index in [1.807, 2.05) is 0 Å². The molecule has 0 saturated heterocycles. The normalized spacial score (nSPS) is 11.2. The summed E-state index contributed by atoms with van der Waals surface area (Å²) >= 11 is 0. The maximum absolute atomic E-state index is 12.4. The Labute approximate surface area is 119 Å². The van der Waals surface area contributed by atoms with Gasteiger partial charge in [0.25, 0.3) is 0 Å². The minimum absolute atomic E-state index is 0.190. The summed E-state index contributed by atoms with van der Waals surface area (Å²) in [6, 6.07) is 7.09. The fraction of sp³-hybridized carbons (Fsp3) is 0.214. The topological polar surface area (TPSA) is 54.9 Å². The van der Waals surface area contributed by atoms with Crippen LogP contribution < -0.4 is 5.32 Å². The van der Waals surface area contributed by atoms with Gasteiger partial charge in [-0.25, -0.2) is 4.98 Å². The first-order valence-corrected chi connectivity index (χ1v) is 6.20. The monoisotopic (exact) mass is 295 g/mol. The predicted molar refractivity (Wildman–Crippen MR) is 71.4 cm³/mol. The van der Waals surface area contributed by atoms with Crippen LogP contribution in [0, 0.1) is 0 Å². The summed E-state index contributed by atoms with van der Waals surface area (Å²) in [6.07, 6.45) is -3.05. The third kappa shape index (κ3) is 3.77. The molecule has 1 amide bonds. The molecule has 0 radical (unpaired) electrons. The summed E-state index contributed by atoms with van der Waals surface area (Å²) in [5, 5.41) is 2.59. The number of amides is 1. The van der Waals surface area contributed by atoms with Gasteiger partial charge in [0, 0.05) is 18.2 Å². The van der Waals surface area contributed by atoms with Crippen molar-refractivity contribution in [3.8, 4) is 11.3 Å². The summed E-state index contributed by atoms with van der Waals surface area (Å²) in [6.45, 7) is 1.71. The third-order valence-corrected chi connectivity index (χ3v) is 2.69. The second-order valence-corrected chi connectivity index (χ2v) is 4.24. The van der Waals surface area contributed by atoms with Crippen LogP contribution in [-0.2, 0) is 11.0 Å². The Morgan fingerprint density at radius 1 is 1.24 bits per heavy atom. The van der Waals surface area contributed by atoms with Crippen LogP contribution in [0.2, 0.25) is 0 Å². The molecule has 0 aromatic carbocycles. The molecule has 2 rings (SSSR count). The molecule has 1 N–H and O–H groups in total. The molecule has 0 spiro atoms. The van der Waals surface area contributed by atoms with Gasteiger partial charge in [-0.2, -0.15) is 13.2 Å². The Balaban J connectivity index is 2.26. The van der Waals surface area contributed by atoms with E-state index in [2.05, 4.69) is 15.3 Å². The van der Waals surface area contributed by atoms with Gasteiger partial charge >= 0.3 is 6.18 Å². The van der Waals surface area contributed by atoms with E-state index in [0.717, 1.165) is 12.3 Å². The molecular weight excluding hydrogens is 283 g/mol. The van der Waals surface area contributed by atoms with E-state index in [0.29, 0.717) is 23.5 Å². The number of halogens is 3. The van der Waals surface area contributed by atoms with Gasteiger partial charge in [0.2, 0.25) is 5.91 Å². The van der Waals surface area contributed by atoms with Gasteiger partial charge in [-0.15, -0.1) is 0 Å². The highest BCUT2D eigenvalue weighted by atomic mass is 19.4. The Morgan fingerprint density at radius 2 is 2.00 bits per heavy atom. The number of anilines is 1. The fourth-order valence-corrected chi connectivity index (χ4v) is 1.61. The lowest BCUT2D eigenvalue weighted by Gasteiger charge is -2.08. The number of alkyl halides is 3. The van der Waals surface area contributed by atoms with Crippen molar-refractivity contribution in [2.24, 2.45) is 0 Å². The summed E-state index contributed by atoms with van der Waals surface area (Å²) < 4.78 is 37.3. The Morgan fingerprint density at radius 3 is 2.57 bits per heavy atom. The molecule has 0 aliphatic carbocycles. The van der Waals surface area contributed by atoms with E-state index >= 15 is 0 Å². The lowest BCUT2D eigenvalue weighted by Crippen LogP contribution is -2.11. The number of carbonyl (C=O) groups excluding carboxylic acids is 1. The first kappa shape index (κ1) is 15.0. The van der Waals surface area contributed by atoms with Crippen molar-refractivity contribution in [3.63, 3.8) is 0 Å². The number of hydrogen-bond acceptors (Lipinski definition) is 3. The van der Waals surface area contributed by atoms with Crippen molar-refractivity contribution in [2.45, 2.75) is 19.5 Å². The van der Waals surface area contributed by atoms with E-state index < -0.39 is 11.9 Å². The highest BCUT2D eigenvalue weighted by molar-refractivity contribution is 5.89. The zero-order valence-electron chi connectivity index (χ0n) is 11.1. The Kier molecular flexibility index (Phi) is 4.21. The molecule has 0 unspecified atom stereocenters. The van der Waals surface area contributed by atoms with Crippen molar-refractivity contribution in [1.82, 2.24) is 9.97 Å². The third-order valence-electron chi connectivity index (χ3n) is 2.69. The van der Waals surface area contributed by atoms with Crippen molar-refractivity contribution in [1.29, 1.82) is 0 Å².